The molecule has 0 spiro atoms. The van der Waals surface area contributed by atoms with Gasteiger partial charge in [-0.05, 0) is 12.3 Å². The maximum absolute atomic E-state index is 11.6. The molecule has 1 atom stereocenters. The monoisotopic (exact) mass is 382 g/mol. The molecule has 144 valence electrons. The molecule has 3 rings (SSSR count). The van der Waals surface area contributed by atoms with E-state index in [1.807, 2.05) is 6.07 Å². The number of piperazine rings is 1. The quantitative estimate of drug-likeness (QED) is 0.556. The third-order valence-electron chi connectivity index (χ3n) is 4.83. The van der Waals surface area contributed by atoms with Gasteiger partial charge in [-0.2, -0.15) is 0 Å². The van der Waals surface area contributed by atoms with Crippen molar-refractivity contribution >= 4 is 21.6 Å². The summed E-state index contributed by atoms with van der Waals surface area (Å²) in [5, 5.41) is 3.34. The topological polar surface area (TPSA) is 100 Å². The zero-order chi connectivity index (χ0) is 18.6. The van der Waals surface area contributed by atoms with Crippen LogP contribution in [0.25, 0.3) is 0 Å². The number of sulfone groups is 1. The molecule has 9 nitrogen and oxygen atoms in total. The van der Waals surface area contributed by atoms with Gasteiger partial charge in [0.25, 0.3) is 0 Å². The third-order valence-corrected chi connectivity index (χ3v) is 6.66. The van der Waals surface area contributed by atoms with E-state index in [2.05, 4.69) is 30.1 Å². The van der Waals surface area contributed by atoms with E-state index in [4.69, 9.17) is 4.74 Å². The number of rotatable bonds is 4. The molecule has 2 aliphatic heterocycles. The highest BCUT2D eigenvalue weighted by Gasteiger charge is 2.28. The van der Waals surface area contributed by atoms with Crippen molar-refractivity contribution in [3.8, 4) is 5.88 Å². The van der Waals surface area contributed by atoms with Gasteiger partial charge in [0.15, 0.2) is 15.8 Å². The van der Waals surface area contributed by atoms with Crippen LogP contribution in [-0.2, 0) is 9.84 Å². The lowest BCUT2D eigenvalue weighted by atomic mass is 10.1. The summed E-state index contributed by atoms with van der Waals surface area (Å²) < 4.78 is 28.3. The smallest absolute Gasteiger partial charge is 0.218 e. The zero-order valence-electron chi connectivity index (χ0n) is 15.3. The van der Waals surface area contributed by atoms with Crippen LogP contribution in [-0.4, -0.2) is 87.6 Å². The summed E-state index contributed by atoms with van der Waals surface area (Å²) in [6.45, 7) is 3.91. The van der Waals surface area contributed by atoms with E-state index < -0.39 is 9.84 Å². The van der Waals surface area contributed by atoms with Gasteiger partial charge in [-0.3, -0.25) is 4.99 Å². The second-order valence-electron chi connectivity index (χ2n) is 6.59. The number of anilines is 1. The minimum Gasteiger partial charge on any atom is -0.481 e. The Balaban J connectivity index is 1.51. The molecule has 2 fully saturated rings. The van der Waals surface area contributed by atoms with Crippen LogP contribution in [0.5, 0.6) is 5.88 Å². The van der Waals surface area contributed by atoms with Crippen LogP contribution in [0.3, 0.4) is 0 Å². The number of nitrogens with zero attached hydrogens (tertiary/aromatic N) is 5. The van der Waals surface area contributed by atoms with E-state index in [-0.39, 0.29) is 11.7 Å². The molecule has 0 aliphatic carbocycles. The normalized spacial score (nSPS) is 23.2. The van der Waals surface area contributed by atoms with E-state index in [1.165, 1.54) is 6.33 Å². The Morgan fingerprint density at radius 2 is 2.12 bits per heavy atom. The lowest BCUT2D eigenvalue weighted by Gasteiger charge is -2.37. The average Bonchev–Trinajstić information content (AvgIpc) is 3.01. The standard InChI is InChI=1S/C16H26N6O3S/c1-17-16(18-10-13-3-8-26(23,24)11-13)22-6-4-21(5-7-22)14-9-15(25-2)20-12-19-14/h9,12-13H,3-8,10-11H2,1-2H3,(H,17,18). The molecule has 0 radical (unpaired) electrons. The van der Waals surface area contributed by atoms with Crippen LogP contribution in [0.1, 0.15) is 6.42 Å². The number of aliphatic imine (C=N–C) groups is 1. The zero-order valence-corrected chi connectivity index (χ0v) is 16.1. The number of methoxy groups -OCH3 is 1. The molecule has 26 heavy (non-hydrogen) atoms. The Morgan fingerprint density at radius 1 is 1.35 bits per heavy atom. The maximum Gasteiger partial charge on any atom is 0.218 e. The first-order valence-electron chi connectivity index (χ1n) is 8.78. The Hall–Kier alpha value is -2.10. The van der Waals surface area contributed by atoms with Crippen molar-refractivity contribution in [3.63, 3.8) is 0 Å². The first-order valence-corrected chi connectivity index (χ1v) is 10.6. The number of hydrogen-bond donors (Lipinski definition) is 1. The molecule has 0 saturated carbocycles. The predicted octanol–water partition coefficient (Wildman–Crippen LogP) is -0.383. The fourth-order valence-corrected chi connectivity index (χ4v) is 5.22. The highest BCUT2D eigenvalue weighted by atomic mass is 32.2. The first kappa shape index (κ1) is 18.7. The van der Waals surface area contributed by atoms with Gasteiger partial charge in [-0.15, -0.1) is 0 Å². The number of guanidine groups is 1. The number of hydrogen-bond acceptors (Lipinski definition) is 7. The van der Waals surface area contributed by atoms with Gasteiger partial charge in [-0.25, -0.2) is 18.4 Å². The molecule has 2 aliphatic rings. The summed E-state index contributed by atoms with van der Waals surface area (Å²) in [4.78, 5) is 17.1. The summed E-state index contributed by atoms with van der Waals surface area (Å²) in [6, 6.07) is 1.84. The molecule has 3 heterocycles. The molecule has 1 aromatic heterocycles. The summed E-state index contributed by atoms with van der Waals surface area (Å²) in [7, 11) is 0.511. The van der Waals surface area contributed by atoms with Gasteiger partial charge >= 0.3 is 0 Å². The van der Waals surface area contributed by atoms with Crippen LogP contribution >= 0.6 is 0 Å². The van der Waals surface area contributed by atoms with E-state index in [0.717, 1.165) is 44.4 Å². The van der Waals surface area contributed by atoms with Crippen LogP contribution in [0, 0.1) is 5.92 Å². The number of aromatic nitrogens is 2. The summed E-state index contributed by atoms with van der Waals surface area (Å²) in [6.07, 6.45) is 2.24. The molecule has 2 saturated heterocycles. The van der Waals surface area contributed by atoms with Crippen LogP contribution in [0.4, 0.5) is 5.82 Å². The Kier molecular flexibility index (Phi) is 5.80. The number of nitrogens with one attached hydrogen (secondary N) is 1. The van der Waals surface area contributed by atoms with Gasteiger partial charge in [0.1, 0.15) is 12.1 Å². The van der Waals surface area contributed by atoms with Crippen LogP contribution in [0.15, 0.2) is 17.4 Å². The lowest BCUT2D eigenvalue weighted by Crippen LogP contribution is -2.53. The average molecular weight is 382 g/mol. The molecular formula is C16H26N6O3S. The molecule has 1 unspecified atom stereocenters. The summed E-state index contributed by atoms with van der Waals surface area (Å²) in [5.41, 5.74) is 0. The molecule has 1 aromatic rings. The Bertz CT molecular complexity index is 746. The van der Waals surface area contributed by atoms with Gasteiger partial charge in [0, 0.05) is 45.8 Å². The van der Waals surface area contributed by atoms with Crippen molar-refractivity contribution in [2.24, 2.45) is 10.9 Å². The lowest BCUT2D eigenvalue weighted by molar-refractivity contribution is 0.366. The van der Waals surface area contributed by atoms with Crippen LogP contribution in [0.2, 0.25) is 0 Å². The van der Waals surface area contributed by atoms with E-state index in [1.54, 1.807) is 14.2 Å². The van der Waals surface area contributed by atoms with Crippen molar-refractivity contribution < 1.29 is 13.2 Å². The SMILES string of the molecule is CN=C(NCC1CCS(=O)(=O)C1)N1CCN(c2cc(OC)ncn2)CC1. The van der Waals surface area contributed by atoms with Gasteiger partial charge < -0.3 is 19.9 Å². The minimum atomic E-state index is -2.84. The van der Waals surface area contributed by atoms with Crippen molar-refractivity contribution in [2.45, 2.75) is 6.42 Å². The van der Waals surface area contributed by atoms with Gasteiger partial charge in [-0.1, -0.05) is 0 Å². The molecule has 0 bridgehead atoms. The van der Waals surface area contributed by atoms with Crippen molar-refractivity contribution in [1.29, 1.82) is 0 Å². The Labute approximate surface area is 154 Å². The van der Waals surface area contributed by atoms with E-state index >= 15 is 0 Å². The highest BCUT2D eigenvalue weighted by molar-refractivity contribution is 7.91. The third kappa shape index (κ3) is 4.54. The van der Waals surface area contributed by atoms with Gasteiger partial charge in [0.05, 0.1) is 18.6 Å². The van der Waals surface area contributed by atoms with Crippen molar-refractivity contribution in [2.75, 3.05) is 63.3 Å². The van der Waals surface area contributed by atoms with Crippen molar-refractivity contribution in [1.82, 2.24) is 20.2 Å². The van der Waals surface area contributed by atoms with Crippen LogP contribution < -0.4 is 15.0 Å². The predicted molar refractivity (Wildman–Crippen MR) is 100 cm³/mol. The molecule has 0 aromatic carbocycles. The second-order valence-corrected chi connectivity index (χ2v) is 8.82. The molecular weight excluding hydrogens is 356 g/mol. The first-order chi connectivity index (χ1) is 12.5. The largest absolute Gasteiger partial charge is 0.481 e. The second kappa shape index (κ2) is 8.07. The fourth-order valence-electron chi connectivity index (χ4n) is 3.36. The van der Waals surface area contributed by atoms with E-state index in [9.17, 15) is 8.42 Å². The maximum atomic E-state index is 11.6. The highest BCUT2D eigenvalue weighted by Crippen LogP contribution is 2.19. The number of ether oxygens (including phenoxy) is 1. The molecule has 0 amide bonds. The molecule has 10 heteroatoms. The Morgan fingerprint density at radius 3 is 2.73 bits per heavy atom. The molecule has 1 N–H and O–H groups in total. The summed E-state index contributed by atoms with van der Waals surface area (Å²) >= 11 is 0. The van der Waals surface area contributed by atoms with Gasteiger partial charge in [0.2, 0.25) is 5.88 Å². The van der Waals surface area contributed by atoms with E-state index in [0.29, 0.717) is 18.2 Å². The van der Waals surface area contributed by atoms with Crippen molar-refractivity contribution in [3.05, 3.63) is 12.4 Å². The summed E-state index contributed by atoms with van der Waals surface area (Å²) in [5.74, 6) is 3.00. The fraction of sp³-hybridized carbons (Fsp3) is 0.688. The minimum absolute atomic E-state index is 0.173.